The van der Waals surface area contributed by atoms with Gasteiger partial charge in [0.25, 0.3) is 0 Å². The minimum absolute atomic E-state index is 0.0434. The fraction of sp³-hybridized carbons (Fsp3) is 0.857. The lowest BCUT2D eigenvalue weighted by Gasteiger charge is -2.46. The fourth-order valence-corrected chi connectivity index (χ4v) is 3.21. The zero-order valence-electron chi connectivity index (χ0n) is 11.7. The Labute approximate surface area is 111 Å². The molecule has 0 spiro atoms. The minimum Gasteiger partial charge on any atom is -0.501 e. The van der Waals surface area contributed by atoms with Gasteiger partial charge in [0.1, 0.15) is 0 Å². The van der Waals surface area contributed by atoms with Gasteiger partial charge >= 0.3 is 0 Å². The van der Waals surface area contributed by atoms with Crippen molar-refractivity contribution in [2.45, 2.75) is 57.5 Å². The lowest BCUT2D eigenvalue weighted by atomic mass is 9.84. The van der Waals surface area contributed by atoms with Crippen molar-refractivity contribution in [3.8, 4) is 0 Å². The molecular formula is C14H27N3O. The lowest BCUT2D eigenvalue weighted by molar-refractivity contribution is 0.0672. The largest absolute Gasteiger partial charge is 0.501 e. The maximum absolute atomic E-state index is 5.82. The second-order valence-electron chi connectivity index (χ2n) is 5.97. The van der Waals surface area contributed by atoms with Crippen molar-refractivity contribution in [2.75, 3.05) is 19.7 Å². The van der Waals surface area contributed by atoms with Crippen LogP contribution in [0.25, 0.3) is 0 Å². The molecule has 2 aliphatic rings. The highest BCUT2D eigenvalue weighted by Crippen LogP contribution is 2.29. The number of hydrogen-bond acceptors (Lipinski definition) is 4. The van der Waals surface area contributed by atoms with E-state index >= 15 is 0 Å². The van der Waals surface area contributed by atoms with Crippen LogP contribution in [0.1, 0.15) is 46.0 Å². The third-order valence-corrected chi connectivity index (χ3v) is 4.38. The van der Waals surface area contributed by atoms with Crippen LogP contribution in [0.4, 0.5) is 0 Å². The van der Waals surface area contributed by atoms with E-state index < -0.39 is 0 Å². The molecule has 1 unspecified atom stereocenters. The summed E-state index contributed by atoms with van der Waals surface area (Å²) in [5, 5.41) is 0. The van der Waals surface area contributed by atoms with E-state index in [1.54, 1.807) is 0 Å². The molecule has 1 saturated heterocycles. The lowest BCUT2D eigenvalue weighted by Crippen LogP contribution is -2.61. The van der Waals surface area contributed by atoms with Gasteiger partial charge in [-0.25, -0.2) is 0 Å². The third-order valence-electron chi connectivity index (χ3n) is 4.38. The van der Waals surface area contributed by atoms with Crippen molar-refractivity contribution in [1.82, 2.24) is 10.3 Å². The monoisotopic (exact) mass is 253 g/mol. The third kappa shape index (κ3) is 2.87. The molecule has 0 amide bonds. The van der Waals surface area contributed by atoms with Crippen LogP contribution >= 0.6 is 0 Å². The van der Waals surface area contributed by atoms with Crippen molar-refractivity contribution in [3.05, 3.63) is 11.8 Å². The molecular weight excluding hydrogens is 226 g/mol. The zero-order chi connectivity index (χ0) is 13.0. The van der Waals surface area contributed by atoms with Crippen molar-refractivity contribution >= 4 is 0 Å². The van der Waals surface area contributed by atoms with Gasteiger partial charge < -0.3 is 4.74 Å². The van der Waals surface area contributed by atoms with Crippen molar-refractivity contribution in [3.63, 3.8) is 0 Å². The predicted molar refractivity (Wildman–Crippen MR) is 73.9 cm³/mol. The van der Waals surface area contributed by atoms with Gasteiger partial charge in [0, 0.05) is 5.54 Å². The summed E-state index contributed by atoms with van der Waals surface area (Å²) in [6.07, 6.45) is 8.07. The van der Waals surface area contributed by atoms with E-state index in [1.807, 2.05) is 6.26 Å². The first-order chi connectivity index (χ1) is 8.66. The molecule has 104 valence electrons. The summed E-state index contributed by atoms with van der Waals surface area (Å²) in [6.45, 7) is 7.78. The highest BCUT2D eigenvalue weighted by molar-refractivity contribution is 5.17. The van der Waals surface area contributed by atoms with Gasteiger partial charge in [0.15, 0.2) is 0 Å². The van der Waals surface area contributed by atoms with Crippen LogP contribution < -0.4 is 11.3 Å². The quantitative estimate of drug-likeness (QED) is 0.592. The van der Waals surface area contributed by atoms with Crippen LogP contribution in [-0.2, 0) is 4.74 Å². The van der Waals surface area contributed by atoms with Gasteiger partial charge in [-0.15, -0.1) is 0 Å². The van der Waals surface area contributed by atoms with E-state index in [0.29, 0.717) is 0 Å². The molecule has 4 nitrogen and oxygen atoms in total. The molecule has 0 saturated carbocycles. The maximum atomic E-state index is 5.82. The number of likely N-dealkylation sites (tertiary alicyclic amines) is 1. The predicted octanol–water partition coefficient (Wildman–Crippen LogP) is 1.78. The number of nitrogens with two attached hydrogens (primary N) is 1. The molecule has 2 aliphatic heterocycles. The van der Waals surface area contributed by atoms with Crippen LogP contribution in [0.5, 0.6) is 0 Å². The summed E-state index contributed by atoms with van der Waals surface area (Å²) in [7, 11) is 0. The van der Waals surface area contributed by atoms with Crippen LogP contribution in [0.15, 0.2) is 11.8 Å². The second kappa shape index (κ2) is 6.04. The average molecular weight is 253 g/mol. The standard InChI is InChI=1S/C14H27N3O/c1-14(2,17-8-4-3-5-9-17)13(16-15)12-7-6-10-18-11-12/h11,13,16H,3-10,15H2,1-2H3. The van der Waals surface area contributed by atoms with Crippen molar-refractivity contribution in [1.29, 1.82) is 0 Å². The van der Waals surface area contributed by atoms with E-state index in [2.05, 4.69) is 24.2 Å². The summed E-state index contributed by atoms with van der Waals surface area (Å²) in [5.41, 5.74) is 4.37. The SMILES string of the molecule is CC(C)(C(NN)C1=COCCC1)N1CCCCC1. The first-order valence-corrected chi connectivity index (χ1v) is 7.18. The molecule has 2 rings (SSSR count). The molecule has 3 N–H and O–H groups in total. The average Bonchev–Trinajstić information content (AvgIpc) is 2.41. The first-order valence-electron chi connectivity index (χ1n) is 7.18. The smallest absolute Gasteiger partial charge is 0.0876 e. The highest BCUT2D eigenvalue weighted by atomic mass is 16.5. The van der Waals surface area contributed by atoms with Gasteiger partial charge in [0.2, 0.25) is 0 Å². The van der Waals surface area contributed by atoms with E-state index in [9.17, 15) is 0 Å². The Hall–Kier alpha value is -0.580. The number of rotatable bonds is 4. The van der Waals surface area contributed by atoms with Gasteiger partial charge in [-0.05, 0) is 58.2 Å². The molecule has 0 bridgehead atoms. The normalized spacial score (nSPS) is 24.3. The summed E-state index contributed by atoms with van der Waals surface area (Å²) >= 11 is 0. The molecule has 0 aromatic heterocycles. The zero-order valence-corrected chi connectivity index (χ0v) is 11.7. The number of ether oxygens (including phenoxy) is 1. The number of hydrogen-bond donors (Lipinski definition) is 2. The number of nitrogens with one attached hydrogen (secondary N) is 1. The van der Waals surface area contributed by atoms with E-state index in [1.165, 1.54) is 37.9 Å². The van der Waals surface area contributed by atoms with Crippen molar-refractivity contribution < 1.29 is 4.74 Å². The number of nitrogens with zero attached hydrogens (tertiary/aromatic N) is 1. The first kappa shape index (κ1) is 13.8. The Kier molecular flexibility index (Phi) is 4.65. The second-order valence-corrected chi connectivity index (χ2v) is 5.97. The molecule has 18 heavy (non-hydrogen) atoms. The Morgan fingerprint density at radius 2 is 2.00 bits per heavy atom. The van der Waals surface area contributed by atoms with Crippen LogP contribution in [0.2, 0.25) is 0 Å². The molecule has 2 heterocycles. The summed E-state index contributed by atoms with van der Waals surface area (Å²) in [4.78, 5) is 2.57. The molecule has 1 fully saturated rings. The van der Waals surface area contributed by atoms with Gasteiger partial charge in [-0.3, -0.25) is 16.2 Å². The maximum Gasteiger partial charge on any atom is 0.0876 e. The molecule has 0 radical (unpaired) electrons. The molecule has 4 heteroatoms. The summed E-state index contributed by atoms with van der Waals surface area (Å²) in [6, 6.07) is 0.177. The topological polar surface area (TPSA) is 50.5 Å². The van der Waals surface area contributed by atoms with Crippen molar-refractivity contribution in [2.24, 2.45) is 5.84 Å². The van der Waals surface area contributed by atoms with Gasteiger partial charge in [0.05, 0.1) is 18.9 Å². The molecule has 0 aromatic rings. The Bertz CT molecular complexity index is 295. The van der Waals surface area contributed by atoms with Crippen LogP contribution in [0, 0.1) is 0 Å². The summed E-state index contributed by atoms with van der Waals surface area (Å²) in [5.74, 6) is 5.82. The summed E-state index contributed by atoms with van der Waals surface area (Å²) < 4.78 is 5.47. The van der Waals surface area contributed by atoms with Gasteiger partial charge in [-0.2, -0.15) is 0 Å². The molecule has 1 atom stereocenters. The molecule has 0 aliphatic carbocycles. The number of hydrazine groups is 1. The minimum atomic E-state index is 0.0434. The number of piperidine rings is 1. The fourth-order valence-electron chi connectivity index (χ4n) is 3.21. The Balaban J connectivity index is 2.11. The van der Waals surface area contributed by atoms with E-state index in [-0.39, 0.29) is 11.6 Å². The van der Waals surface area contributed by atoms with Gasteiger partial charge in [-0.1, -0.05) is 6.42 Å². The Morgan fingerprint density at radius 1 is 1.28 bits per heavy atom. The molecule has 0 aromatic carbocycles. The van der Waals surface area contributed by atoms with Crippen LogP contribution in [0.3, 0.4) is 0 Å². The van der Waals surface area contributed by atoms with E-state index in [0.717, 1.165) is 19.4 Å². The van der Waals surface area contributed by atoms with Crippen LogP contribution in [-0.4, -0.2) is 36.2 Å². The van der Waals surface area contributed by atoms with E-state index in [4.69, 9.17) is 10.6 Å². The Morgan fingerprint density at radius 3 is 2.56 bits per heavy atom. The highest BCUT2D eigenvalue weighted by Gasteiger charge is 2.37.